The fourth-order valence-corrected chi connectivity index (χ4v) is 6.88. The lowest BCUT2D eigenvalue weighted by atomic mass is 10.1. The first-order chi connectivity index (χ1) is 16.4. The van der Waals surface area contributed by atoms with Gasteiger partial charge in [0, 0.05) is 37.4 Å². The van der Waals surface area contributed by atoms with Crippen LogP contribution in [0.5, 0.6) is 0 Å². The van der Waals surface area contributed by atoms with Crippen LogP contribution in [0.4, 0.5) is 11.4 Å². The van der Waals surface area contributed by atoms with E-state index in [1.54, 1.807) is 32.3 Å². The molecule has 0 atom stereocenters. The molecule has 3 aliphatic rings. The van der Waals surface area contributed by atoms with E-state index in [0.717, 1.165) is 48.9 Å². The Morgan fingerprint density at radius 2 is 1.56 bits per heavy atom. The number of anilines is 2. The number of hydrogen-bond acceptors (Lipinski definition) is 4. The van der Waals surface area contributed by atoms with Crippen molar-refractivity contribution >= 4 is 33.2 Å². The number of aryl methyl sites for hydroxylation is 1. The number of amides is 2. The Balaban J connectivity index is 1.41. The van der Waals surface area contributed by atoms with Crippen molar-refractivity contribution in [2.75, 3.05) is 36.0 Å². The number of carbonyl (C=O) groups is 2. The van der Waals surface area contributed by atoms with Gasteiger partial charge in [0.15, 0.2) is 0 Å². The molecular formula is C26H31N3O4S. The molecule has 2 aromatic carbocycles. The van der Waals surface area contributed by atoms with E-state index < -0.39 is 10.0 Å². The smallest absolute Gasteiger partial charge is 0.247 e. The van der Waals surface area contributed by atoms with Gasteiger partial charge in [-0.3, -0.25) is 9.59 Å². The highest BCUT2D eigenvalue weighted by Gasteiger charge is 2.31. The van der Waals surface area contributed by atoms with Crippen molar-refractivity contribution in [2.45, 2.75) is 56.3 Å². The van der Waals surface area contributed by atoms with Crippen molar-refractivity contribution in [3.63, 3.8) is 0 Å². The van der Waals surface area contributed by atoms with Gasteiger partial charge in [-0.15, -0.1) is 0 Å². The zero-order chi connectivity index (χ0) is 23.7. The van der Waals surface area contributed by atoms with E-state index in [9.17, 15) is 18.0 Å². The van der Waals surface area contributed by atoms with Gasteiger partial charge in [-0.2, -0.15) is 4.31 Å². The van der Waals surface area contributed by atoms with Crippen LogP contribution in [0.25, 0.3) is 0 Å². The predicted molar refractivity (Wildman–Crippen MR) is 131 cm³/mol. The number of rotatable bonds is 4. The first kappa shape index (κ1) is 23.1. The highest BCUT2D eigenvalue weighted by atomic mass is 32.2. The van der Waals surface area contributed by atoms with Gasteiger partial charge in [0.1, 0.15) is 6.54 Å². The maximum atomic E-state index is 13.3. The Labute approximate surface area is 201 Å². The summed E-state index contributed by atoms with van der Waals surface area (Å²) in [7, 11) is -3.58. The Kier molecular flexibility index (Phi) is 6.44. The van der Waals surface area contributed by atoms with Crippen LogP contribution in [0.3, 0.4) is 0 Å². The highest BCUT2D eigenvalue weighted by molar-refractivity contribution is 7.89. The van der Waals surface area contributed by atoms with Gasteiger partial charge in [0.2, 0.25) is 21.8 Å². The topological polar surface area (TPSA) is 78.0 Å². The summed E-state index contributed by atoms with van der Waals surface area (Å²) < 4.78 is 28.2. The maximum absolute atomic E-state index is 13.3. The standard InChI is InChI=1S/C26H31N3O4S/c30-25-11-7-9-21-18-22(34(32,33)27-15-5-1-2-6-16-27)12-13-24(21)29(25)19-26(31)28-17-14-20-8-3-4-10-23(20)28/h3-4,8,10,12-13,18H,1-2,5-7,9,11,14-17,19H2. The first-order valence-electron chi connectivity index (χ1n) is 12.3. The van der Waals surface area contributed by atoms with Gasteiger partial charge in [-0.05, 0) is 67.5 Å². The van der Waals surface area contributed by atoms with Gasteiger partial charge in [0.05, 0.1) is 4.90 Å². The lowest BCUT2D eigenvalue weighted by Crippen LogP contribution is -2.42. The fraction of sp³-hybridized carbons (Fsp3) is 0.462. The molecule has 0 unspecified atom stereocenters. The first-order valence-corrected chi connectivity index (χ1v) is 13.7. The molecule has 180 valence electrons. The monoisotopic (exact) mass is 481 g/mol. The molecule has 5 rings (SSSR count). The molecule has 1 saturated heterocycles. The average Bonchev–Trinajstić information content (AvgIpc) is 2.98. The number of hydrogen-bond donors (Lipinski definition) is 0. The molecule has 0 N–H and O–H groups in total. The molecule has 8 heteroatoms. The molecule has 3 heterocycles. The highest BCUT2D eigenvalue weighted by Crippen LogP contribution is 2.32. The lowest BCUT2D eigenvalue weighted by molar-refractivity contribution is -0.122. The minimum Gasteiger partial charge on any atom is -0.310 e. The summed E-state index contributed by atoms with van der Waals surface area (Å²) in [5.74, 6) is -0.213. The third kappa shape index (κ3) is 4.36. The summed E-state index contributed by atoms with van der Waals surface area (Å²) in [5, 5.41) is 0. The number of nitrogens with zero attached hydrogens (tertiary/aromatic N) is 3. The van der Waals surface area contributed by atoms with Crippen molar-refractivity contribution < 1.29 is 18.0 Å². The van der Waals surface area contributed by atoms with E-state index in [-0.39, 0.29) is 23.3 Å². The second kappa shape index (κ2) is 9.50. The Morgan fingerprint density at radius 3 is 2.35 bits per heavy atom. The molecule has 3 aliphatic heterocycles. The molecular weight excluding hydrogens is 450 g/mol. The zero-order valence-corrected chi connectivity index (χ0v) is 20.2. The molecule has 1 fully saturated rings. The third-order valence-corrected chi connectivity index (χ3v) is 9.06. The Morgan fingerprint density at radius 1 is 0.794 bits per heavy atom. The van der Waals surface area contributed by atoms with E-state index in [4.69, 9.17) is 0 Å². The fourth-order valence-electron chi connectivity index (χ4n) is 5.31. The molecule has 0 bridgehead atoms. The zero-order valence-electron chi connectivity index (χ0n) is 19.4. The minimum absolute atomic E-state index is 0.0433. The van der Waals surface area contributed by atoms with Crippen LogP contribution in [-0.2, 0) is 32.5 Å². The SMILES string of the molecule is O=C(CN1C(=O)CCCc2cc(S(=O)(=O)N3CCCCCC3)ccc21)N1CCc2ccccc21. The normalized spacial score (nSPS) is 19.4. The number of para-hydroxylation sites is 1. The van der Waals surface area contributed by atoms with E-state index >= 15 is 0 Å². The van der Waals surface area contributed by atoms with Gasteiger partial charge < -0.3 is 9.80 Å². The Bertz CT molecular complexity index is 1200. The van der Waals surface area contributed by atoms with Gasteiger partial charge in [-0.25, -0.2) is 8.42 Å². The summed E-state index contributed by atoms with van der Waals surface area (Å²) >= 11 is 0. The summed E-state index contributed by atoms with van der Waals surface area (Å²) in [5.41, 5.74) is 3.52. The van der Waals surface area contributed by atoms with Gasteiger partial charge in [-0.1, -0.05) is 31.0 Å². The summed E-state index contributed by atoms with van der Waals surface area (Å²) in [6, 6.07) is 12.9. The lowest BCUT2D eigenvalue weighted by Gasteiger charge is -2.26. The molecule has 34 heavy (non-hydrogen) atoms. The van der Waals surface area contributed by atoms with Crippen LogP contribution >= 0.6 is 0 Å². The predicted octanol–water partition coefficient (Wildman–Crippen LogP) is 3.51. The summed E-state index contributed by atoms with van der Waals surface area (Å²) in [6.45, 7) is 1.67. The van der Waals surface area contributed by atoms with Crippen molar-refractivity contribution in [3.8, 4) is 0 Å². The van der Waals surface area contributed by atoms with Crippen molar-refractivity contribution in [3.05, 3.63) is 53.6 Å². The number of sulfonamides is 1. The van der Waals surface area contributed by atoms with E-state index in [0.29, 0.717) is 44.6 Å². The summed E-state index contributed by atoms with van der Waals surface area (Å²) in [6.07, 6.45) is 6.28. The molecule has 0 spiro atoms. The minimum atomic E-state index is -3.58. The van der Waals surface area contributed by atoms with Crippen LogP contribution in [0.2, 0.25) is 0 Å². The molecule has 0 saturated carbocycles. The van der Waals surface area contributed by atoms with E-state index in [1.807, 2.05) is 24.3 Å². The van der Waals surface area contributed by atoms with Gasteiger partial charge >= 0.3 is 0 Å². The van der Waals surface area contributed by atoms with Crippen LogP contribution in [0, 0.1) is 0 Å². The summed E-state index contributed by atoms with van der Waals surface area (Å²) in [4.78, 5) is 29.8. The second-order valence-corrected chi connectivity index (χ2v) is 11.3. The second-order valence-electron chi connectivity index (χ2n) is 9.37. The van der Waals surface area contributed by atoms with Crippen molar-refractivity contribution in [1.29, 1.82) is 0 Å². The van der Waals surface area contributed by atoms with Crippen molar-refractivity contribution in [2.24, 2.45) is 0 Å². The average molecular weight is 482 g/mol. The quantitative estimate of drug-likeness (QED) is 0.670. The van der Waals surface area contributed by atoms with Crippen LogP contribution < -0.4 is 9.80 Å². The number of benzene rings is 2. The van der Waals surface area contributed by atoms with Crippen LogP contribution in [-0.4, -0.2) is 50.7 Å². The molecule has 2 amide bonds. The molecule has 0 radical (unpaired) electrons. The van der Waals surface area contributed by atoms with E-state index in [1.165, 1.54) is 0 Å². The third-order valence-electron chi connectivity index (χ3n) is 7.16. The van der Waals surface area contributed by atoms with E-state index in [2.05, 4.69) is 0 Å². The maximum Gasteiger partial charge on any atom is 0.247 e. The number of carbonyl (C=O) groups excluding carboxylic acids is 2. The largest absolute Gasteiger partial charge is 0.310 e. The van der Waals surface area contributed by atoms with Crippen molar-refractivity contribution in [1.82, 2.24) is 4.31 Å². The number of fused-ring (bicyclic) bond motifs is 2. The molecule has 0 aliphatic carbocycles. The molecule has 2 aromatic rings. The van der Waals surface area contributed by atoms with Crippen LogP contribution in [0.15, 0.2) is 47.4 Å². The van der Waals surface area contributed by atoms with Crippen LogP contribution in [0.1, 0.15) is 49.7 Å². The molecule has 0 aromatic heterocycles. The van der Waals surface area contributed by atoms with Gasteiger partial charge in [0.25, 0.3) is 0 Å². The molecule has 7 nitrogen and oxygen atoms in total. The Hall–Kier alpha value is -2.71.